The molecule has 0 heterocycles. The van der Waals surface area contributed by atoms with Crippen LogP contribution in [0.3, 0.4) is 0 Å². The number of phenols is 1. The fourth-order valence-corrected chi connectivity index (χ4v) is 1.94. The Balaban J connectivity index is 2.56. The van der Waals surface area contributed by atoms with Crippen LogP contribution in [0.4, 0.5) is 0 Å². The quantitative estimate of drug-likeness (QED) is 0.918. The molecule has 2 aromatic rings. The first-order valence-corrected chi connectivity index (χ1v) is 5.74. The molecule has 0 aliphatic carbocycles. The van der Waals surface area contributed by atoms with Crippen LogP contribution in [0, 0.1) is 0 Å². The molecule has 0 aliphatic rings. The zero-order valence-corrected chi connectivity index (χ0v) is 10.9. The van der Waals surface area contributed by atoms with Gasteiger partial charge in [0.2, 0.25) is 0 Å². The molecule has 0 spiro atoms. The second-order valence-electron chi connectivity index (χ2n) is 3.77. The highest BCUT2D eigenvalue weighted by atomic mass is 35.5. The number of rotatable bonds is 3. The van der Waals surface area contributed by atoms with Gasteiger partial charge in [-0.25, -0.2) is 0 Å². The molecule has 0 saturated carbocycles. The third-order valence-electron chi connectivity index (χ3n) is 2.61. The van der Waals surface area contributed by atoms with E-state index in [0.29, 0.717) is 16.5 Å². The lowest BCUT2D eigenvalue weighted by Gasteiger charge is -2.09. The Morgan fingerprint density at radius 1 is 0.944 bits per heavy atom. The SMILES string of the molecule is COc1cc(O)cc(-c2cc(OC)ccc2Cl)c1. The minimum absolute atomic E-state index is 0.128. The zero-order valence-electron chi connectivity index (χ0n) is 10.1. The molecule has 1 N–H and O–H groups in total. The van der Waals surface area contributed by atoms with Crippen LogP contribution in [0.15, 0.2) is 36.4 Å². The van der Waals surface area contributed by atoms with Gasteiger partial charge in [-0.15, -0.1) is 0 Å². The molecule has 0 atom stereocenters. The maximum Gasteiger partial charge on any atom is 0.123 e. The Hall–Kier alpha value is -1.87. The van der Waals surface area contributed by atoms with E-state index in [1.165, 1.54) is 6.07 Å². The Morgan fingerprint density at radius 3 is 2.33 bits per heavy atom. The van der Waals surface area contributed by atoms with Crippen molar-refractivity contribution < 1.29 is 14.6 Å². The van der Waals surface area contributed by atoms with Crippen LogP contribution in [0.25, 0.3) is 11.1 Å². The summed E-state index contributed by atoms with van der Waals surface area (Å²) in [6.45, 7) is 0. The van der Waals surface area contributed by atoms with Crippen LogP contribution in [-0.2, 0) is 0 Å². The standard InChI is InChI=1S/C14H13ClO3/c1-17-11-3-4-14(15)13(8-11)9-5-10(16)7-12(6-9)18-2/h3-8,16H,1-2H3. The molecule has 94 valence electrons. The maximum absolute atomic E-state index is 9.65. The van der Waals surface area contributed by atoms with E-state index in [4.69, 9.17) is 21.1 Å². The first kappa shape index (κ1) is 12.6. The van der Waals surface area contributed by atoms with Crippen molar-refractivity contribution >= 4 is 11.6 Å². The summed E-state index contributed by atoms with van der Waals surface area (Å²) in [7, 11) is 3.14. The van der Waals surface area contributed by atoms with E-state index in [9.17, 15) is 5.11 Å². The summed E-state index contributed by atoms with van der Waals surface area (Å²) >= 11 is 6.16. The van der Waals surface area contributed by atoms with Crippen molar-refractivity contribution in [1.82, 2.24) is 0 Å². The lowest BCUT2D eigenvalue weighted by atomic mass is 10.0. The summed E-state index contributed by atoms with van der Waals surface area (Å²) < 4.78 is 10.3. The predicted molar refractivity (Wildman–Crippen MR) is 71.7 cm³/mol. The monoisotopic (exact) mass is 264 g/mol. The van der Waals surface area contributed by atoms with Crippen LogP contribution in [-0.4, -0.2) is 19.3 Å². The van der Waals surface area contributed by atoms with Gasteiger partial charge < -0.3 is 14.6 Å². The van der Waals surface area contributed by atoms with Gasteiger partial charge in [0.05, 0.1) is 14.2 Å². The number of ether oxygens (including phenoxy) is 2. The van der Waals surface area contributed by atoms with Crippen molar-refractivity contribution in [3.8, 4) is 28.4 Å². The molecule has 0 aromatic heterocycles. The lowest BCUT2D eigenvalue weighted by Crippen LogP contribution is -1.87. The molecule has 0 aliphatic heterocycles. The van der Waals surface area contributed by atoms with Crippen molar-refractivity contribution in [2.75, 3.05) is 14.2 Å². The number of aromatic hydroxyl groups is 1. The Labute approximate surface area is 111 Å². The summed E-state index contributed by atoms with van der Waals surface area (Å²) in [6, 6.07) is 10.3. The molecule has 0 bridgehead atoms. The molecule has 4 heteroatoms. The van der Waals surface area contributed by atoms with Crippen molar-refractivity contribution in [3.05, 3.63) is 41.4 Å². The highest BCUT2D eigenvalue weighted by Crippen LogP contribution is 2.35. The molecule has 0 amide bonds. The van der Waals surface area contributed by atoms with Crippen molar-refractivity contribution in [1.29, 1.82) is 0 Å². The van der Waals surface area contributed by atoms with E-state index in [-0.39, 0.29) is 5.75 Å². The molecule has 0 fully saturated rings. The van der Waals surface area contributed by atoms with E-state index < -0.39 is 0 Å². The van der Waals surface area contributed by atoms with Crippen molar-refractivity contribution in [2.24, 2.45) is 0 Å². The van der Waals surface area contributed by atoms with E-state index in [2.05, 4.69) is 0 Å². The van der Waals surface area contributed by atoms with E-state index in [1.54, 1.807) is 38.5 Å². The largest absolute Gasteiger partial charge is 0.508 e. The molecule has 2 rings (SSSR count). The molecule has 18 heavy (non-hydrogen) atoms. The maximum atomic E-state index is 9.65. The summed E-state index contributed by atoms with van der Waals surface area (Å²) in [5, 5.41) is 10.2. The van der Waals surface area contributed by atoms with Gasteiger partial charge in [-0.1, -0.05) is 11.6 Å². The third-order valence-corrected chi connectivity index (χ3v) is 2.94. The Kier molecular flexibility index (Phi) is 3.63. The smallest absolute Gasteiger partial charge is 0.123 e. The first-order chi connectivity index (χ1) is 8.63. The average Bonchev–Trinajstić information content (AvgIpc) is 2.38. The molecule has 0 saturated heterocycles. The van der Waals surface area contributed by atoms with Gasteiger partial charge in [-0.05, 0) is 35.9 Å². The van der Waals surface area contributed by atoms with E-state index in [0.717, 1.165) is 11.1 Å². The molecule has 0 unspecified atom stereocenters. The topological polar surface area (TPSA) is 38.7 Å². The molecule has 0 radical (unpaired) electrons. The second kappa shape index (κ2) is 5.19. The number of benzene rings is 2. The number of hydrogen-bond donors (Lipinski definition) is 1. The molecular weight excluding hydrogens is 252 g/mol. The molecule has 3 nitrogen and oxygen atoms in total. The Bertz CT molecular complexity index is 567. The van der Waals surface area contributed by atoms with Gasteiger partial charge in [0.15, 0.2) is 0 Å². The normalized spacial score (nSPS) is 10.2. The Morgan fingerprint density at radius 2 is 1.67 bits per heavy atom. The van der Waals surface area contributed by atoms with Gasteiger partial charge >= 0.3 is 0 Å². The zero-order chi connectivity index (χ0) is 13.1. The molecular formula is C14H13ClO3. The summed E-state index contributed by atoms with van der Waals surface area (Å²) in [5.74, 6) is 1.41. The summed E-state index contributed by atoms with van der Waals surface area (Å²) in [4.78, 5) is 0. The fraction of sp³-hybridized carbons (Fsp3) is 0.143. The van der Waals surface area contributed by atoms with Crippen LogP contribution >= 0.6 is 11.6 Å². The van der Waals surface area contributed by atoms with Gasteiger partial charge in [0.1, 0.15) is 17.2 Å². The van der Waals surface area contributed by atoms with Gasteiger partial charge in [-0.2, -0.15) is 0 Å². The molecule has 2 aromatic carbocycles. The van der Waals surface area contributed by atoms with E-state index in [1.807, 2.05) is 6.07 Å². The third kappa shape index (κ3) is 2.51. The first-order valence-electron chi connectivity index (χ1n) is 5.36. The predicted octanol–water partition coefficient (Wildman–Crippen LogP) is 3.73. The number of phenolic OH excluding ortho intramolecular Hbond substituents is 1. The van der Waals surface area contributed by atoms with Crippen LogP contribution in [0.5, 0.6) is 17.2 Å². The highest BCUT2D eigenvalue weighted by molar-refractivity contribution is 6.33. The van der Waals surface area contributed by atoms with Gasteiger partial charge in [-0.3, -0.25) is 0 Å². The number of halogens is 1. The second-order valence-corrected chi connectivity index (χ2v) is 4.17. The average molecular weight is 265 g/mol. The summed E-state index contributed by atoms with van der Waals surface area (Å²) in [6.07, 6.45) is 0. The number of hydrogen-bond acceptors (Lipinski definition) is 3. The van der Waals surface area contributed by atoms with Crippen molar-refractivity contribution in [3.63, 3.8) is 0 Å². The number of methoxy groups -OCH3 is 2. The summed E-state index contributed by atoms with van der Waals surface area (Å²) in [5.41, 5.74) is 1.56. The van der Waals surface area contributed by atoms with Crippen LogP contribution < -0.4 is 9.47 Å². The van der Waals surface area contributed by atoms with E-state index >= 15 is 0 Å². The minimum Gasteiger partial charge on any atom is -0.508 e. The minimum atomic E-state index is 0.128. The van der Waals surface area contributed by atoms with Crippen LogP contribution in [0.1, 0.15) is 0 Å². The van der Waals surface area contributed by atoms with Gasteiger partial charge in [0, 0.05) is 16.7 Å². The van der Waals surface area contributed by atoms with Crippen LogP contribution in [0.2, 0.25) is 5.02 Å². The van der Waals surface area contributed by atoms with Gasteiger partial charge in [0.25, 0.3) is 0 Å². The fourth-order valence-electron chi connectivity index (χ4n) is 1.71. The highest BCUT2D eigenvalue weighted by Gasteiger charge is 2.08. The van der Waals surface area contributed by atoms with Crippen molar-refractivity contribution in [2.45, 2.75) is 0 Å². The lowest BCUT2D eigenvalue weighted by molar-refractivity contribution is 0.408.